The lowest BCUT2D eigenvalue weighted by atomic mass is 10.1. The lowest BCUT2D eigenvalue weighted by Gasteiger charge is -1.99. The largest absolute Gasteiger partial charge is 0.515 e. The van der Waals surface area contributed by atoms with Crippen LogP contribution in [0.2, 0.25) is 0 Å². The summed E-state index contributed by atoms with van der Waals surface area (Å²) in [6.45, 7) is 0. The van der Waals surface area contributed by atoms with Gasteiger partial charge < -0.3 is 10.2 Å². The van der Waals surface area contributed by atoms with Gasteiger partial charge >= 0.3 is 5.97 Å². The first-order valence-corrected chi connectivity index (χ1v) is 3.84. The summed E-state index contributed by atoms with van der Waals surface area (Å²) in [5.41, 5.74) is 0.858. The summed E-state index contributed by atoms with van der Waals surface area (Å²) in [5, 5.41) is 17.2. The minimum atomic E-state index is -1.09. The molecule has 0 spiro atoms. The van der Waals surface area contributed by atoms with Gasteiger partial charge in [-0.25, -0.2) is 4.79 Å². The predicted octanol–water partition coefficient (Wildman–Crippen LogP) is 1.76. The second-order valence-corrected chi connectivity index (χ2v) is 2.62. The number of hydrogen-bond acceptors (Lipinski definition) is 2. The van der Waals surface area contributed by atoms with Gasteiger partial charge in [-0.1, -0.05) is 30.3 Å². The van der Waals surface area contributed by atoms with Crippen LogP contribution in [-0.4, -0.2) is 16.2 Å². The minimum Gasteiger partial charge on any atom is -0.515 e. The maximum absolute atomic E-state index is 10.5. The van der Waals surface area contributed by atoms with Crippen LogP contribution in [0.15, 0.2) is 42.2 Å². The van der Waals surface area contributed by atoms with E-state index in [0.717, 1.165) is 5.56 Å². The summed E-state index contributed by atoms with van der Waals surface area (Å²) in [7, 11) is 0. The average molecular weight is 178 g/mol. The number of aliphatic carboxylic acids is 1. The molecule has 0 saturated heterocycles. The lowest BCUT2D eigenvalue weighted by molar-refractivity contribution is -0.132. The number of aliphatic hydroxyl groups excluding tert-OH is 1. The molecule has 13 heavy (non-hydrogen) atoms. The van der Waals surface area contributed by atoms with Crippen molar-refractivity contribution in [3.8, 4) is 0 Å². The Hall–Kier alpha value is -1.77. The van der Waals surface area contributed by atoms with Gasteiger partial charge in [-0.05, 0) is 5.56 Å². The molecule has 0 aliphatic carbocycles. The highest BCUT2D eigenvalue weighted by molar-refractivity contribution is 5.86. The summed E-state index contributed by atoms with van der Waals surface area (Å²) in [6, 6.07) is 9.13. The fourth-order valence-electron chi connectivity index (χ4n) is 0.992. The Morgan fingerprint density at radius 1 is 1.31 bits per heavy atom. The van der Waals surface area contributed by atoms with E-state index in [4.69, 9.17) is 10.2 Å². The Morgan fingerprint density at radius 2 is 1.92 bits per heavy atom. The summed E-state index contributed by atoms with van der Waals surface area (Å²) < 4.78 is 0. The normalized spacial score (nSPS) is 11.2. The lowest BCUT2D eigenvalue weighted by Crippen LogP contribution is -2.03. The van der Waals surface area contributed by atoms with Crippen molar-refractivity contribution in [2.45, 2.75) is 6.42 Å². The van der Waals surface area contributed by atoms with Crippen molar-refractivity contribution in [2.75, 3.05) is 0 Å². The third-order valence-electron chi connectivity index (χ3n) is 1.67. The van der Waals surface area contributed by atoms with Gasteiger partial charge in [0.05, 0.1) is 11.8 Å². The van der Waals surface area contributed by atoms with E-state index in [0.29, 0.717) is 6.26 Å². The summed E-state index contributed by atoms with van der Waals surface area (Å²) in [6.07, 6.45) is 0.877. The van der Waals surface area contributed by atoms with Gasteiger partial charge in [-0.2, -0.15) is 0 Å². The second kappa shape index (κ2) is 4.30. The third kappa shape index (κ3) is 2.63. The molecule has 1 rings (SSSR count). The standard InChI is InChI=1S/C10H10O3/c11-7-9(10(12)13)6-8-4-2-1-3-5-8/h1-5,7,11H,6H2,(H,12,13). The minimum absolute atomic E-state index is 0.00815. The van der Waals surface area contributed by atoms with E-state index in [-0.39, 0.29) is 12.0 Å². The van der Waals surface area contributed by atoms with Crippen LogP contribution in [0.1, 0.15) is 5.56 Å². The zero-order chi connectivity index (χ0) is 9.68. The van der Waals surface area contributed by atoms with Crippen molar-refractivity contribution < 1.29 is 15.0 Å². The van der Waals surface area contributed by atoms with Gasteiger partial charge in [-0.15, -0.1) is 0 Å². The van der Waals surface area contributed by atoms with Crippen molar-refractivity contribution in [1.82, 2.24) is 0 Å². The molecule has 3 nitrogen and oxygen atoms in total. The van der Waals surface area contributed by atoms with Gasteiger partial charge in [0.1, 0.15) is 0 Å². The van der Waals surface area contributed by atoms with E-state index in [9.17, 15) is 4.79 Å². The molecule has 0 aliphatic rings. The number of rotatable bonds is 3. The quantitative estimate of drug-likeness (QED) is 0.547. The Labute approximate surface area is 76.0 Å². The van der Waals surface area contributed by atoms with Gasteiger partial charge in [-0.3, -0.25) is 0 Å². The van der Waals surface area contributed by atoms with E-state index in [1.807, 2.05) is 30.3 Å². The molecule has 3 heteroatoms. The van der Waals surface area contributed by atoms with Gasteiger partial charge in [0.25, 0.3) is 0 Å². The first kappa shape index (κ1) is 9.32. The molecule has 0 amide bonds. The van der Waals surface area contributed by atoms with E-state index in [1.54, 1.807) is 0 Å². The molecule has 0 fully saturated rings. The molecule has 0 atom stereocenters. The zero-order valence-corrected chi connectivity index (χ0v) is 6.97. The van der Waals surface area contributed by atoms with Crippen LogP contribution < -0.4 is 0 Å². The first-order valence-electron chi connectivity index (χ1n) is 3.84. The number of carboxylic acid groups (broad SMARTS) is 1. The van der Waals surface area contributed by atoms with Crippen LogP contribution in [0.5, 0.6) is 0 Å². The van der Waals surface area contributed by atoms with Crippen LogP contribution in [0.4, 0.5) is 0 Å². The monoisotopic (exact) mass is 178 g/mol. The smallest absolute Gasteiger partial charge is 0.335 e. The fourth-order valence-corrected chi connectivity index (χ4v) is 0.992. The highest BCUT2D eigenvalue weighted by Gasteiger charge is 2.07. The zero-order valence-electron chi connectivity index (χ0n) is 6.97. The van der Waals surface area contributed by atoms with E-state index < -0.39 is 5.97 Å². The van der Waals surface area contributed by atoms with Crippen molar-refractivity contribution in [3.05, 3.63) is 47.7 Å². The van der Waals surface area contributed by atoms with Crippen LogP contribution in [0.25, 0.3) is 0 Å². The van der Waals surface area contributed by atoms with Crippen LogP contribution in [0.3, 0.4) is 0 Å². The number of carboxylic acids is 1. The van der Waals surface area contributed by atoms with Gasteiger partial charge in [0.2, 0.25) is 0 Å². The molecular formula is C10H10O3. The molecule has 2 N–H and O–H groups in total. The van der Waals surface area contributed by atoms with Crippen LogP contribution in [-0.2, 0) is 11.2 Å². The molecule has 0 saturated carbocycles. The van der Waals surface area contributed by atoms with Crippen molar-refractivity contribution >= 4 is 5.97 Å². The van der Waals surface area contributed by atoms with Crippen molar-refractivity contribution in [1.29, 1.82) is 0 Å². The molecule has 1 aromatic rings. The number of carbonyl (C=O) groups is 1. The van der Waals surface area contributed by atoms with Crippen molar-refractivity contribution in [2.24, 2.45) is 0 Å². The first-order chi connectivity index (χ1) is 6.24. The number of aliphatic hydroxyl groups is 1. The highest BCUT2D eigenvalue weighted by Crippen LogP contribution is 2.06. The van der Waals surface area contributed by atoms with E-state index >= 15 is 0 Å². The Kier molecular flexibility index (Phi) is 3.09. The van der Waals surface area contributed by atoms with Crippen LogP contribution in [0, 0.1) is 0 Å². The molecule has 0 heterocycles. The Morgan fingerprint density at radius 3 is 2.38 bits per heavy atom. The second-order valence-electron chi connectivity index (χ2n) is 2.62. The summed E-state index contributed by atoms with van der Waals surface area (Å²) in [5.74, 6) is -1.09. The van der Waals surface area contributed by atoms with E-state index in [1.165, 1.54) is 0 Å². The Balaban J connectivity index is 2.74. The van der Waals surface area contributed by atoms with Crippen molar-refractivity contribution in [3.63, 3.8) is 0 Å². The number of benzene rings is 1. The van der Waals surface area contributed by atoms with Crippen LogP contribution >= 0.6 is 0 Å². The Bertz CT molecular complexity index is 314. The topological polar surface area (TPSA) is 57.5 Å². The summed E-state index contributed by atoms with van der Waals surface area (Å²) in [4.78, 5) is 10.5. The fraction of sp³-hybridized carbons (Fsp3) is 0.100. The average Bonchev–Trinajstić information content (AvgIpc) is 2.15. The van der Waals surface area contributed by atoms with Gasteiger partial charge in [0, 0.05) is 6.42 Å². The van der Waals surface area contributed by atoms with Gasteiger partial charge in [0.15, 0.2) is 0 Å². The molecule has 0 unspecified atom stereocenters. The highest BCUT2D eigenvalue weighted by atomic mass is 16.4. The molecule has 0 radical (unpaired) electrons. The SMILES string of the molecule is O=C(O)C(=CO)Cc1ccccc1. The third-order valence-corrected chi connectivity index (χ3v) is 1.67. The van der Waals surface area contributed by atoms with E-state index in [2.05, 4.69) is 0 Å². The summed E-state index contributed by atoms with van der Waals surface area (Å²) >= 11 is 0. The predicted molar refractivity (Wildman–Crippen MR) is 48.5 cm³/mol. The molecule has 0 bridgehead atoms. The molecule has 1 aromatic carbocycles. The molecule has 0 aromatic heterocycles. The number of hydrogen-bond donors (Lipinski definition) is 2. The maximum atomic E-state index is 10.5. The molecular weight excluding hydrogens is 168 g/mol. The maximum Gasteiger partial charge on any atom is 0.335 e. The molecule has 0 aliphatic heterocycles. The molecule has 68 valence electrons.